The molecule has 88 valence electrons. The molecule has 1 N–H and O–H groups in total. The van der Waals surface area contributed by atoms with Gasteiger partial charge in [-0.1, -0.05) is 0 Å². The summed E-state index contributed by atoms with van der Waals surface area (Å²) in [5, 5.41) is 12.9. The maximum Gasteiger partial charge on any atom is 0.418 e. The van der Waals surface area contributed by atoms with Crippen molar-refractivity contribution < 1.29 is 18.1 Å². The number of hydrogen-bond acceptors (Lipinski definition) is 3. The molecular formula is C9H9F3N2O2. The smallest absolute Gasteiger partial charge is 0.385 e. The van der Waals surface area contributed by atoms with E-state index in [1.807, 2.05) is 0 Å². The zero-order chi connectivity index (χ0) is 12.3. The molecule has 7 heteroatoms. The summed E-state index contributed by atoms with van der Waals surface area (Å²) in [5.41, 5.74) is -1.75. The van der Waals surface area contributed by atoms with Crippen LogP contribution in [-0.4, -0.2) is 11.5 Å². The molecule has 1 aromatic rings. The van der Waals surface area contributed by atoms with Gasteiger partial charge in [0.25, 0.3) is 5.69 Å². The van der Waals surface area contributed by atoms with Crippen molar-refractivity contribution in [3.8, 4) is 0 Å². The molecule has 0 saturated heterocycles. The molecule has 0 saturated carbocycles. The Kier molecular flexibility index (Phi) is 3.36. The van der Waals surface area contributed by atoms with Crippen LogP contribution in [0.5, 0.6) is 0 Å². The summed E-state index contributed by atoms with van der Waals surface area (Å²) < 4.78 is 37.7. The Balaban J connectivity index is 3.27. The first kappa shape index (κ1) is 12.3. The van der Waals surface area contributed by atoms with Gasteiger partial charge in [-0.15, -0.1) is 0 Å². The van der Waals surface area contributed by atoms with Crippen LogP contribution >= 0.6 is 0 Å². The standard InChI is InChI=1S/C9H9F3N2O2/c1-2-13-8-4-3-6(14(15)16)5-7(8)9(10,11)12/h3-5,13H,2H2,1H3. The average molecular weight is 234 g/mol. The van der Waals surface area contributed by atoms with Crippen molar-refractivity contribution in [3.05, 3.63) is 33.9 Å². The largest absolute Gasteiger partial charge is 0.418 e. The van der Waals surface area contributed by atoms with Gasteiger partial charge in [0.2, 0.25) is 0 Å². The fraction of sp³-hybridized carbons (Fsp3) is 0.333. The molecule has 0 radical (unpaired) electrons. The third-order valence-electron chi connectivity index (χ3n) is 1.89. The Morgan fingerprint density at radius 3 is 2.50 bits per heavy atom. The molecule has 0 aliphatic rings. The minimum absolute atomic E-state index is 0.152. The van der Waals surface area contributed by atoms with Crippen LogP contribution < -0.4 is 5.32 Å². The van der Waals surface area contributed by atoms with Crippen LogP contribution in [0.2, 0.25) is 0 Å². The van der Waals surface area contributed by atoms with Crippen molar-refractivity contribution in [2.75, 3.05) is 11.9 Å². The van der Waals surface area contributed by atoms with Gasteiger partial charge in [-0.2, -0.15) is 13.2 Å². The van der Waals surface area contributed by atoms with Gasteiger partial charge in [0.05, 0.1) is 10.5 Å². The van der Waals surface area contributed by atoms with E-state index in [0.29, 0.717) is 12.6 Å². The van der Waals surface area contributed by atoms with Crippen molar-refractivity contribution in [2.45, 2.75) is 13.1 Å². The van der Waals surface area contributed by atoms with Crippen molar-refractivity contribution in [3.63, 3.8) is 0 Å². The lowest BCUT2D eigenvalue weighted by Crippen LogP contribution is -2.11. The van der Waals surface area contributed by atoms with Gasteiger partial charge in [0, 0.05) is 24.4 Å². The summed E-state index contributed by atoms with van der Waals surface area (Å²) in [6.45, 7) is 1.95. The number of rotatable bonds is 3. The topological polar surface area (TPSA) is 55.2 Å². The van der Waals surface area contributed by atoms with Crippen LogP contribution in [-0.2, 0) is 6.18 Å². The van der Waals surface area contributed by atoms with E-state index >= 15 is 0 Å². The number of anilines is 1. The first-order valence-corrected chi connectivity index (χ1v) is 4.45. The minimum atomic E-state index is -4.61. The predicted octanol–water partition coefficient (Wildman–Crippen LogP) is 3.05. The third-order valence-corrected chi connectivity index (χ3v) is 1.89. The van der Waals surface area contributed by atoms with Crippen molar-refractivity contribution in [1.29, 1.82) is 0 Å². The second kappa shape index (κ2) is 4.38. The van der Waals surface area contributed by atoms with Crippen molar-refractivity contribution in [1.82, 2.24) is 0 Å². The Labute approximate surface area is 89.2 Å². The van der Waals surface area contributed by atoms with Gasteiger partial charge in [-0.25, -0.2) is 0 Å². The summed E-state index contributed by atoms with van der Waals surface area (Å²) in [4.78, 5) is 9.51. The average Bonchev–Trinajstić information content (AvgIpc) is 2.16. The highest BCUT2D eigenvalue weighted by molar-refractivity contribution is 5.57. The highest BCUT2D eigenvalue weighted by Crippen LogP contribution is 2.36. The van der Waals surface area contributed by atoms with E-state index in [1.54, 1.807) is 6.92 Å². The van der Waals surface area contributed by atoms with E-state index in [-0.39, 0.29) is 5.69 Å². The summed E-state index contributed by atoms with van der Waals surface area (Å²) in [7, 11) is 0. The molecular weight excluding hydrogens is 225 g/mol. The van der Waals surface area contributed by atoms with Crippen molar-refractivity contribution >= 4 is 11.4 Å². The number of alkyl halides is 3. The molecule has 0 spiro atoms. The van der Waals surface area contributed by atoms with E-state index < -0.39 is 22.4 Å². The molecule has 0 amide bonds. The summed E-state index contributed by atoms with van der Waals surface area (Å²) in [6.07, 6.45) is -4.61. The van der Waals surface area contributed by atoms with Crippen LogP contribution in [0.1, 0.15) is 12.5 Å². The number of nitrogens with zero attached hydrogens (tertiary/aromatic N) is 1. The number of nitro groups is 1. The van der Waals surface area contributed by atoms with Crippen LogP contribution in [0.4, 0.5) is 24.5 Å². The molecule has 0 heterocycles. The zero-order valence-electron chi connectivity index (χ0n) is 8.34. The summed E-state index contributed by atoms with van der Waals surface area (Å²) in [6, 6.07) is 2.62. The Morgan fingerprint density at radius 1 is 1.44 bits per heavy atom. The lowest BCUT2D eigenvalue weighted by molar-refractivity contribution is -0.385. The molecule has 4 nitrogen and oxygen atoms in total. The number of non-ortho nitro benzene ring substituents is 1. The van der Waals surface area contributed by atoms with E-state index in [1.165, 1.54) is 0 Å². The summed E-state index contributed by atoms with van der Waals surface area (Å²) in [5.74, 6) is 0. The van der Waals surface area contributed by atoms with Crippen LogP contribution in [0.25, 0.3) is 0 Å². The highest BCUT2D eigenvalue weighted by atomic mass is 19.4. The number of nitro benzene ring substituents is 1. The zero-order valence-corrected chi connectivity index (χ0v) is 8.34. The minimum Gasteiger partial charge on any atom is -0.385 e. The Bertz CT molecular complexity index is 404. The molecule has 0 aliphatic carbocycles. The van der Waals surface area contributed by atoms with Gasteiger partial charge in [0.1, 0.15) is 0 Å². The Hall–Kier alpha value is -1.79. The van der Waals surface area contributed by atoms with E-state index in [4.69, 9.17) is 0 Å². The quantitative estimate of drug-likeness (QED) is 0.646. The monoisotopic (exact) mass is 234 g/mol. The highest BCUT2D eigenvalue weighted by Gasteiger charge is 2.35. The molecule has 0 fully saturated rings. The van der Waals surface area contributed by atoms with Gasteiger partial charge in [0.15, 0.2) is 0 Å². The maximum absolute atomic E-state index is 12.6. The Morgan fingerprint density at radius 2 is 2.06 bits per heavy atom. The van der Waals surface area contributed by atoms with E-state index in [9.17, 15) is 23.3 Å². The normalized spacial score (nSPS) is 11.2. The number of hydrogen-bond donors (Lipinski definition) is 1. The fourth-order valence-corrected chi connectivity index (χ4v) is 1.22. The fourth-order valence-electron chi connectivity index (χ4n) is 1.22. The molecule has 0 aliphatic heterocycles. The molecule has 1 aromatic carbocycles. The number of benzene rings is 1. The van der Waals surface area contributed by atoms with Gasteiger partial charge >= 0.3 is 6.18 Å². The maximum atomic E-state index is 12.6. The molecule has 0 atom stereocenters. The lowest BCUT2D eigenvalue weighted by atomic mass is 10.1. The van der Waals surface area contributed by atoms with Crippen LogP contribution in [0, 0.1) is 10.1 Å². The van der Waals surface area contributed by atoms with Gasteiger partial charge < -0.3 is 5.32 Å². The second-order valence-corrected chi connectivity index (χ2v) is 3.02. The molecule has 16 heavy (non-hydrogen) atoms. The molecule has 0 aromatic heterocycles. The molecule has 0 unspecified atom stereocenters. The van der Waals surface area contributed by atoms with Crippen molar-refractivity contribution in [2.24, 2.45) is 0 Å². The molecule has 1 rings (SSSR count). The van der Waals surface area contributed by atoms with Crippen LogP contribution in [0.15, 0.2) is 18.2 Å². The lowest BCUT2D eigenvalue weighted by Gasteiger charge is -2.12. The van der Waals surface area contributed by atoms with Crippen LogP contribution in [0.3, 0.4) is 0 Å². The summed E-state index contributed by atoms with van der Waals surface area (Å²) >= 11 is 0. The first-order chi connectivity index (χ1) is 7.36. The van der Waals surface area contributed by atoms with Gasteiger partial charge in [-0.05, 0) is 13.0 Å². The number of nitrogens with one attached hydrogen (secondary N) is 1. The van der Waals surface area contributed by atoms with Gasteiger partial charge in [-0.3, -0.25) is 10.1 Å². The van der Waals surface area contributed by atoms with E-state index in [0.717, 1.165) is 12.1 Å². The van der Waals surface area contributed by atoms with E-state index in [2.05, 4.69) is 5.32 Å². The third kappa shape index (κ3) is 2.62. The SMILES string of the molecule is CCNc1ccc([N+](=O)[O-])cc1C(F)(F)F. The first-order valence-electron chi connectivity index (χ1n) is 4.45. The predicted molar refractivity (Wildman–Crippen MR) is 52.3 cm³/mol. The number of halogens is 3. The second-order valence-electron chi connectivity index (χ2n) is 3.02. The molecule has 0 bridgehead atoms.